The molecule has 2 atom stereocenters. The van der Waals surface area contributed by atoms with Crippen molar-refractivity contribution in [2.75, 3.05) is 26.4 Å². The van der Waals surface area contributed by atoms with Gasteiger partial charge in [0.15, 0.2) is 0 Å². The van der Waals surface area contributed by atoms with E-state index >= 15 is 0 Å². The van der Waals surface area contributed by atoms with Crippen molar-refractivity contribution in [3.8, 4) is 23.0 Å². The maximum absolute atomic E-state index is 13.1. The number of esters is 2. The molecule has 0 aliphatic heterocycles. The number of hydrogen-bond donors (Lipinski definition) is 6. The zero-order valence-corrected chi connectivity index (χ0v) is 29.1. The molecule has 2 unspecified atom stereocenters. The van der Waals surface area contributed by atoms with E-state index in [1.54, 1.807) is 41.5 Å². The highest BCUT2D eigenvalue weighted by atomic mass is 16.6. The van der Waals surface area contributed by atoms with Gasteiger partial charge < -0.3 is 54.7 Å². The van der Waals surface area contributed by atoms with E-state index < -0.39 is 71.8 Å². The third kappa shape index (κ3) is 16.1. The number of aromatic hydroxyl groups is 2. The molecule has 0 aliphatic carbocycles. The number of benzene rings is 2. The Kier molecular flexibility index (Phi) is 15.0. The second-order valence-electron chi connectivity index (χ2n) is 13.1. The quantitative estimate of drug-likeness (QED) is 0.0955. The summed E-state index contributed by atoms with van der Waals surface area (Å²) in [5.74, 6) is -6.81. The van der Waals surface area contributed by atoms with E-state index in [0.717, 1.165) is 12.1 Å². The van der Waals surface area contributed by atoms with E-state index in [9.17, 15) is 39.0 Å². The Morgan fingerprint density at radius 1 is 0.627 bits per heavy atom. The van der Waals surface area contributed by atoms with Gasteiger partial charge >= 0.3 is 23.9 Å². The van der Waals surface area contributed by atoms with Crippen molar-refractivity contribution >= 4 is 35.7 Å². The van der Waals surface area contributed by atoms with Gasteiger partial charge in [-0.3, -0.25) is 19.2 Å². The number of carbonyl (C=O) groups excluding carboxylic acids is 4. The fourth-order valence-corrected chi connectivity index (χ4v) is 4.11. The van der Waals surface area contributed by atoms with Crippen LogP contribution in [0.4, 0.5) is 0 Å². The van der Waals surface area contributed by atoms with E-state index in [2.05, 4.69) is 10.6 Å². The van der Waals surface area contributed by atoms with E-state index in [1.807, 2.05) is 0 Å². The third-order valence-electron chi connectivity index (χ3n) is 6.07. The summed E-state index contributed by atoms with van der Waals surface area (Å²) in [5.41, 5.74) is -1.97. The molecule has 2 rings (SSSR count). The molecule has 0 aliphatic rings. The minimum atomic E-state index is -1.69. The lowest BCUT2D eigenvalue weighted by Gasteiger charge is -2.25. The molecule has 0 heterocycles. The Bertz CT molecular complexity index is 1580. The lowest BCUT2D eigenvalue weighted by Crippen LogP contribution is -2.46. The number of ether oxygens (including phenoxy) is 5. The molecule has 0 radical (unpaired) electrons. The van der Waals surface area contributed by atoms with Crippen molar-refractivity contribution in [1.29, 1.82) is 0 Å². The van der Waals surface area contributed by atoms with Gasteiger partial charge in [0.2, 0.25) is 0 Å². The summed E-state index contributed by atoms with van der Waals surface area (Å²) >= 11 is 0. The largest absolute Gasteiger partial charge is 0.508 e. The highest BCUT2D eigenvalue weighted by Gasteiger charge is 2.31. The minimum Gasteiger partial charge on any atom is -0.508 e. The first kappa shape index (κ1) is 41.6. The summed E-state index contributed by atoms with van der Waals surface area (Å²) in [5, 5.41) is 42.7. The summed E-state index contributed by atoms with van der Waals surface area (Å²) in [7, 11) is 0. The number of phenols is 2. The number of hydrogen-bond acceptors (Lipinski definition) is 13. The molecule has 280 valence electrons. The van der Waals surface area contributed by atoms with Crippen LogP contribution >= 0.6 is 0 Å². The first-order chi connectivity index (χ1) is 23.6. The van der Waals surface area contributed by atoms with Crippen LogP contribution in [0.15, 0.2) is 36.4 Å². The summed E-state index contributed by atoms with van der Waals surface area (Å²) in [6, 6.07) is 4.12. The van der Waals surface area contributed by atoms with Crippen LogP contribution in [0.1, 0.15) is 75.1 Å². The van der Waals surface area contributed by atoms with Gasteiger partial charge in [-0.1, -0.05) is 0 Å². The summed E-state index contributed by atoms with van der Waals surface area (Å²) in [6.07, 6.45) is -1.34. The normalized spacial score (nSPS) is 12.5. The molecule has 51 heavy (non-hydrogen) atoms. The molecule has 0 saturated carbocycles. The molecule has 0 spiro atoms. The van der Waals surface area contributed by atoms with Crippen LogP contribution in [0.25, 0.3) is 0 Å². The molecule has 17 heteroatoms. The second-order valence-corrected chi connectivity index (χ2v) is 13.1. The average Bonchev–Trinajstić information content (AvgIpc) is 2.97. The zero-order valence-electron chi connectivity index (χ0n) is 29.1. The van der Waals surface area contributed by atoms with Crippen LogP contribution in [0.5, 0.6) is 23.0 Å². The van der Waals surface area contributed by atoms with Gasteiger partial charge in [0.1, 0.15) is 59.5 Å². The third-order valence-corrected chi connectivity index (χ3v) is 6.07. The van der Waals surface area contributed by atoms with E-state index in [1.165, 1.54) is 24.3 Å². The Labute approximate surface area is 293 Å². The summed E-state index contributed by atoms with van der Waals surface area (Å²) in [6.45, 7) is 9.87. The molecule has 0 bridgehead atoms. The van der Waals surface area contributed by atoms with Crippen molar-refractivity contribution in [2.24, 2.45) is 0 Å². The van der Waals surface area contributed by atoms with E-state index in [0.29, 0.717) is 0 Å². The molecule has 0 saturated heterocycles. The highest BCUT2D eigenvalue weighted by Crippen LogP contribution is 2.24. The van der Waals surface area contributed by atoms with Gasteiger partial charge in [0.25, 0.3) is 11.8 Å². The monoisotopic (exact) mass is 720 g/mol. The number of carboxylic acids is 2. The lowest BCUT2D eigenvalue weighted by atomic mass is 10.1. The van der Waals surface area contributed by atoms with Crippen molar-refractivity contribution in [3.63, 3.8) is 0 Å². The summed E-state index contributed by atoms with van der Waals surface area (Å²) < 4.78 is 27.2. The topological polar surface area (TPSA) is 254 Å². The van der Waals surface area contributed by atoms with Crippen LogP contribution in [0.3, 0.4) is 0 Å². The molecule has 2 aromatic rings. The van der Waals surface area contributed by atoms with E-state index in [-0.39, 0.29) is 60.6 Å². The van der Waals surface area contributed by atoms with Gasteiger partial charge in [-0.25, -0.2) is 9.59 Å². The molecular weight excluding hydrogens is 676 g/mol. The molecular formula is C34H44N2O15. The lowest BCUT2D eigenvalue weighted by molar-refractivity contribution is -0.164. The highest BCUT2D eigenvalue weighted by molar-refractivity contribution is 5.99. The van der Waals surface area contributed by atoms with Crippen LogP contribution in [0, 0.1) is 0 Å². The van der Waals surface area contributed by atoms with Crippen molar-refractivity contribution in [1.82, 2.24) is 10.6 Å². The first-order valence-electron chi connectivity index (χ1n) is 15.6. The van der Waals surface area contributed by atoms with E-state index in [4.69, 9.17) is 33.9 Å². The standard InChI is InChI=1S/C34H44N2O15/c1-33(2,3)50-28(41)18-26(32(46)51-34(4,5)6)36-30(43)20-12-22(38)16-24(14-20)49-10-8-47-7-9-48-23-13-19(11-21(37)15-23)29(42)35-25(31(44)45)17-27(39)40/h11-16,25-26,37-38H,7-10,17-18H2,1-6H3,(H,35,42)(H,36,43)(H,39,40)(H,44,45). The number of nitrogens with one attached hydrogen (secondary N) is 2. The van der Waals surface area contributed by atoms with Gasteiger partial charge in [-0.2, -0.15) is 0 Å². The zero-order chi connectivity index (χ0) is 38.5. The smallest absolute Gasteiger partial charge is 0.329 e. The number of rotatable bonds is 18. The summed E-state index contributed by atoms with van der Waals surface area (Å²) in [4.78, 5) is 72.9. The predicted molar refractivity (Wildman–Crippen MR) is 177 cm³/mol. The number of amides is 2. The van der Waals surface area contributed by atoms with Crippen LogP contribution < -0.4 is 20.1 Å². The Balaban J connectivity index is 1.92. The predicted octanol–water partition coefficient (Wildman–Crippen LogP) is 2.40. The number of carboxylic acid groups (broad SMARTS) is 2. The molecule has 2 amide bonds. The Morgan fingerprint density at radius 2 is 1.08 bits per heavy atom. The van der Waals surface area contributed by atoms with Gasteiger partial charge in [0.05, 0.1) is 26.1 Å². The number of carbonyl (C=O) groups is 6. The molecule has 6 N–H and O–H groups in total. The SMILES string of the molecule is CC(C)(C)OC(=O)CC(NC(=O)c1cc(O)cc(OCCOCCOc2cc(O)cc(C(=O)NC(CC(=O)O)C(=O)O)c2)c1)C(=O)OC(C)(C)C. The molecule has 2 aromatic carbocycles. The van der Waals surface area contributed by atoms with Crippen molar-refractivity contribution in [3.05, 3.63) is 47.5 Å². The number of aliphatic carboxylic acids is 2. The second kappa shape index (κ2) is 18.4. The molecule has 0 aromatic heterocycles. The molecule has 17 nitrogen and oxygen atoms in total. The average molecular weight is 721 g/mol. The fourth-order valence-electron chi connectivity index (χ4n) is 4.11. The molecule has 0 fully saturated rings. The van der Waals surface area contributed by atoms with Crippen molar-refractivity contribution in [2.45, 2.75) is 77.7 Å². The van der Waals surface area contributed by atoms with Crippen LogP contribution in [-0.4, -0.2) is 106 Å². The van der Waals surface area contributed by atoms with Gasteiger partial charge in [0, 0.05) is 23.3 Å². The fraction of sp³-hybridized carbons (Fsp3) is 0.471. The van der Waals surface area contributed by atoms with Gasteiger partial charge in [-0.05, 0) is 65.8 Å². The van der Waals surface area contributed by atoms with Crippen molar-refractivity contribution < 1.29 is 72.9 Å². The maximum atomic E-state index is 13.1. The number of phenolic OH excluding ortho intramolecular Hbond substituents is 2. The Hall–Kier alpha value is -5.58. The Morgan fingerprint density at radius 3 is 1.49 bits per heavy atom. The minimum absolute atomic E-state index is 0.0254. The van der Waals surface area contributed by atoms with Gasteiger partial charge in [-0.15, -0.1) is 0 Å². The first-order valence-corrected chi connectivity index (χ1v) is 15.6. The van der Waals surface area contributed by atoms with Crippen LogP contribution in [-0.2, 0) is 33.4 Å². The maximum Gasteiger partial charge on any atom is 0.329 e. The van der Waals surface area contributed by atoms with Crippen LogP contribution in [0.2, 0.25) is 0 Å².